The highest BCUT2D eigenvalue weighted by molar-refractivity contribution is 8.00. The van der Waals surface area contributed by atoms with E-state index in [1.165, 1.54) is 0 Å². The van der Waals surface area contributed by atoms with Gasteiger partial charge in [0.1, 0.15) is 0 Å². The molecule has 0 saturated carbocycles. The van der Waals surface area contributed by atoms with Crippen molar-refractivity contribution in [2.45, 2.75) is 37.2 Å². The summed E-state index contributed by atoms with van der Waals surface area (Å²) in [5.74, 6) is 0.612. The van der Waals surface area contributed by atoms with Crippen LogP contribution in [0.2, 0.25) is 0 Å². The highest BCUT2D eigenvalue weighted by Gasteiger charge is 2.36. The van der Waals surface area contributed by atoms with Crippen LogP contribution in [0.3, 0.4) is 0 Å². The zero-order valence-corrected chi connectivity index (χ0v) is 14.3. The molecule has 2 aliphatic rings. The summed E-state index contributed by atoms with van der Waals surface area (Å²) in [5, 5.41) is 3.95. The zero-order chi connectivity index (χ0) is 14.8. The van der Waals surface area contributed by atoms with Crippen LogP contribution in [-0.2, 0) is 10.2 Å². The van der Waals surface area contributed by atoms with Crippen LogP contribution in [0, 0.1) is 5.92 Å². The van der Waals surface area contributed by atoms with Gasteiger partial charge in [0, 0.05) is 36.7 Å². The average Bonchev–Trinajstić information content (AvgIpc) is 2.38. The van der Waals surface area contributed by atoms with Crippen LogP contribution >= 0.6 is 11.8 Å². The number of rotatable bonds is 4. The normalized spacial score (nSPS) is 31.6. The molecular formula is C13H27N3O2S2. The fraction of sp³-hybridized carbons (Fsp3) is 1.00. The maximum absolute atomic E-state index is 12.7. The quantitative estimate of drug-likeness (QED) is 0.839. The van der Waals surface area contributed by atoms with E-state index in [9.17, 15) is 8.42 Å². The van der Waals surface area contributed by atoms with E-state index in [0.29, 0.717) is 42.6 Å². The summed E-state index contributed by atoms with van der Waals surface area (Å²) in [4.78, 5) is 0. The van der Waals surface area contributed by atoms with Crippen LogP contribution in [0.4, 0.5) is 0 Å². The van der Waals surface area contributed by atoms with E-state index in [0.717, 1.165) is 19.4 Å². The molecule has 2 heterocycles. The third kappa shape index (κ3) is 3.88. The fourth-order valence-corrected chi connectivity index (χ4v) is 6.45. The number of piperidine rings is 1. The Balaban J connectivity index is 1.97. The Kier molecular flexibility index (Phi) is 5.76. The topological polar surface area (TPSA) is 52.7 Å². The first-order chi connectivity index (χ1) is 9.43. The highest BCUT2D eigenvalue weighted by atomic mass is 32.2. The summed E-state index contributed by atoms with van der Waals surface area (Å²) >= 11 is 1.88. The Morgan fingerprint density at radius 3 is 2.15 bits per heavy atom. The second-order valence-electron chi connectivity index (χ2n) is 5.98. The van der Waals surface area contributed by atoms with Gasteiger partial charge in [-0.15, -0.1) is 0 Å². The molecule has 118 valence electrons. The molecule has 1 N–H and O–H groups in total. The molecule has 0 spiro atoms. The van der Waals surface area contributed by atoms with Crippen molar-refractivity contribution in [1.29, 1.82) is 0 Å². The van der Waals surface area contributed by atoms with Crippen LogP contribution in [0.15, 0.2) is 0 Å². The molecule has 0 amide bonds. The first-order valence-corrected chi connectivity index (χ1v) is 9.82. The van der Waals surface area contributed by atoms with Gasteiger partial charge in [0.25, 0.3) is 10.2 Å². The molecule has 0 aromatic heterocycles. The average molecular weight is 322 g/mol. The molecule has 2 atom stereocenters. The second kappa shape index (κ2) is 6.96. The van der Waals surface area contributed by atoms with Gasteiger partial charge in [-0.3, -0.25) is 0 Å². The van der Waals surface area contributed by atoms with Gasteiger partial charge in [-0.05, 0) is 32.4 Å². The number of nitrogens with one attached hydrogen (secondary N) is 1. The van der Waals surface area contributed by atoms with E-state index in [-0.39, 0.29) is 0 Å². The lowest BCUT2D eigenvalue weighted by atomic mass is 9.98. The van der Waals surface area contributed by atoms with Crippen molar-refractivity contribution in [1.82, 2.24) is 13.9 Å². The van der Waals surface area contributed by atoms with E-state index < -0.39 is 10.2 Å². The van der Waals surface area contributed by atoms with E-state index in [2.05, 4.69) is 19.2 Å². The zero-order valence-electron chi connectivity index (χ0n) is 12.7. The molecule has 2 rings (SSSR count). The molecule has 2 aliphatic heterocycles. The van der Waals surface area contributed by atoms with Crippen molar-refractivity contribution in [3.05, 3.63) is 0 Å². The van der Waals surface area contributed by atoms with Crippen molar-refractivity contribution in [3.63, 3.8) is 0 Å². The molecular weight excluding hydrogens is 294 g/mol. The number of thioether (sulfide) groups is 1. The summed E-state index contributed by atoms with van der Waals surface area (Å²) in [6, 6.07) is 0. The van der Waals surface area contributed by atoms with Crippen LogP contribution in [-0.4, -0.2) is 67.3 Å². The lowest BCUT2D eigenvalue weighted by molar-refractivity contribution is 0.250. The molecule has 2 saturated heterocycles. The van der Waals surface area contributed by atoms with Crippen molar-refractivity contribution in [2.75, 3.05) is 39.8 Å². The summed E-state index contributed by atoms with van der Waals surface area (Å²) in [6.07, 6.45) is 1.93. The van der Waals surface area contributed by atoms with Crippen molar-refractivity contribution in [2.24, 2.45) is 5.92 Å². The molecule has 2 fully saturated rings. The SMILES string of the molecule is CNCC1CCN(S(=O)(=O)N2CC(C)SC(C)C2)CC1. The van der Waals surface area contributed by atoms with Gasteiger partial charge in [0.05, 0.1) is 0 Å². The summed E-state index contributed by atoms with van der Waals surface area (Å²) in [5.41, 5.74) is 0. The largest absolute Gasteiger partial charge is 0.319 e. The van der Waals surface area contributed by atoms with Gasteiger partial charge in [0.15, 0.2) is 0 Å². The Bertz CT molecular complexity index is 398. The second-order valence-corrected chi connectivity index (χ2v) is 9.79. The van der Waals surface area contributed by atoms with Gasteiger partial charge in [-0.25, -0.2) is 0 Å². The Morgan fingerprint density at radius 1 is 1.10 bits per heavy atom. The minimum Gasteiger partial charge on any atom is -0.319 e. The lowest BCUT2D eigenvalue weighted by Crippen LogP contribution is -2.52. The summed E-state index contributed by atoms with van der Waals surface area (Å²) < 4.78 is 28.8. The molecule has 20 heavy (non-hydrogen) atoms. The third-order valence-electron chi connectivity index (χ3n) is 4.10. The Morgan fingerprint density at radius 2 is 1.65 bits per heavy atom. The lowest BCUT2D eigenvalue weighted by Gasteiger charge is -2.39. The smallest absolute Gasteiger partial charge is 0.282 e. The Hall–Kier alpha value is 0.180. The predicted molar refractivity (Wildman–Crippen MR) is 85.2 cm³/mol. The number of hydrogen-bond acceptors (Lipinski definition) is 4. The van der Waals surface area contributed by atoms with E-state index in [4.69, 9.17) is 0 Å². The maximum atomic E-state index is 12.7. The Labute approximate surface area is 127 Å². The molecule has 0 aliphatic carbocycles. The molecule has 0 bridgehead atoms. The van der Waals surface area contributed by atoms with E-state index in [1.54, 1.807) is 8.61 Å². The molecule has 0 radical (unpaired) electrons. The minimum atomic E-state index is -3.26. The van der Waals surface area contributed by atoms with Crippen LogP contribution in [0.25, 0.3) is 0 Å². The summed E-state index contributed by atoms with van der Waals surface area (Å²) in [7, 11) is -1.30. The van der Waals surface area contributed by atoms with E-state index >= 15 is 0 Å². The van der Waals surface area contributed by atoms with E-state index in [1.807, 2.05) is 18.8 Å². The van der Waals surface area contributed by atoms with Crippen molar-refractivity contribution < 1.29 is 8.42 Å². The minimum absolute atomic E-state index is 0.385. The van der Waals surface area contributed by atoms with Gasteiger partial charge in [-0.2, -0.15) is 28.8 Å². The molecule has 7 heteroatoms. The summed E-state index contributed by atoms with van der Waals surface area (Å²) in [6.45, 7) is 7.84. The van der Waals surface area contributed by atoms with Crippen LogP contribution in [0.5, 0.6) is 0 Å². The van der Waals surface area contributed by atoms with Crippen LogP contribution < -0.4 is 5.32 Å². The third-order valence-corrected chi connectivity index (χ3v) is 7.30. The van der Waals surface area contributed by atoms with Gasteiger partial charge >= 0.3 is 0 Å². The fourth-order valence-electron chi connectivity index (χ4n) is 3.12. The highest BCUT2D eigenvalue weighted by Crippen LogP contribution is 2.29. The first kappa shape index (κ1) is 16.5. The number of nitrogens with zero attached hydrogens (tertiary/aromatic N) is 2. The van der Waals surface area contributed by atoms with Crippen molar-refractivity contribution >= 4 is 22.0 Å². The number of hydrogen-bond donors (Lipinski definition) is 1. The molecule has 0 aromatic rings. The monoisotopic (exact) mass is 321 g/mol. The van der Waals surface area contributed by atoms with Gasteiger partial charge in [0.2, 0.25) is 0 Å². The molecule has 5 nitrogen and oxygen atoms in total. The van der Waals surface area contributed by atoms with Crippen LogP contribution in [0.1, 0.15) is 26.7 Å². The first-order valence-electron chi connectivity index (χ1n) is 7.48. The maximum Gasteiger partial charge on any atom is 0.282 e. The molecule has 0 aromatic carbocycles. The van der Waals surface area contributed by atoms with Gasteiger partial charge < -0.3 is 5.32 Å². The predicted octanol–water partition coefficient (Wildman–Crippen LogP) is 0.988. The standard InChI is InChI=1S/C13H27N3O2S2/c1-11-9-16(10-12(2)19-11)20(17,18)15-6-4-13(5-7-15)8-14-3/h11-14H,4-10H2,1-3H3. The van der Waals surface area contributed by atoms with Gasteiger partial charge in [-0.1, -0.05) is 13.8 Å². The van der Waals surface area contributed by atoms with Crippen molar-refractivity contribution in [3.8, 4) is 0 Å². The molecule has 2 unspecified atom stereocenters.